The van der Waals surface area contributed by atoms with Crippen LogP contribution in [0, 0.1) is 0 Å². The molecule has 0 aromatic carbocycles. The molecule has 9 heteroatoms. The molecule has 0 bridgehead atoms. The van der Waals surface area contributed by atoms with E-state index < -0.39 is 20.8 Å². The summed E-state index contributed by atoms with van der Waals surface area (Å²) in [7, 11) is -1.93. The number of nitrogens with one attached hydrogen (secondary N) is 2. The Balaban J connectivity index is 3.92. The van der Waals surface area contributed by atoms with Gasteiger partial charge in [0.2, 0.25) is 10.0 Å². The van der Waals surface area contributed by atoms with Crippen LogP contribution in [-0.2, 0) is 10.0 Å². The first-order chi connectivity index (χ1) is 7.19. The fourth-order valence-electron chi connectivity index (χ4n) is 0.890. The van der Waals surface area contributed by atoms with Crippen LogP contribution in [0.1, 0.15) is 6.92 Å². The summed E-state index contributed by atoms with van der Waals surface area (Å²) in [4.78, 5) is 0. The maximum absolute atomic E-state index is 11.7. The molecule has 1 unspecified atom stereocenters. The highest BCUT2D eigenvalue weighted by Crippen LogP contribution is 2.29. The molecule has 0 saturated heterocycles. The van der Waals surface area contributed by atoms with Gasteiger partial charge in [0.15, 0.2) is 0 Å². The molecular formula is C7H15F3N2O2S2. The van der Waals surface area contributed by atoms with E-state index in [9.17, 15) is 21.6 Å². The lowest BCUT2D eigenvalue weighted by molar-refractivity contribution is -0.0327. The Morgan fingerprint density at radius 3 is 2.38 bits per heavy atom. The molecule has 0 saturated carbocycles. The molecule has 0 aromatic heterocycles. The van der Waals surface area contributed by atoms with Crippen molar-refractivity contribution in [2.24, 2.45) is 0 Å². The summed E-state index contributed by atoms with van der Waals surface area (Å²) < 4.78 is 60.1. The lowest BCUT2D eigenvalue weighted by atomic mass is 10.5. The Bertz CT molecular complexity index is 292. The van der Waals surface area contributed by atoms with E-state index in [0.29, 0.717) is 0 Å². The highest BCUT2D eigenvalue weighted by atomic mass is 32.2. The van der Waals surface area contributed by atoms with Gasteiger partial charge >= 0.3 is 5.51 Å². The van der Waals surface area contributed by atoms with E-state index in [1.54, 1.807) is 7.05 Å². The number of sulfonamides is 1. The molecule has 2 N–H and O–H groups in total. The van der Waals surface area contributed by atoms with Gasteiger partial charge in [-0.25, -0.2) is 13.1 Å². The molecule has 0 aliphatic rings. The molecule has 16 heavy (non-hydrogen) atoms. The van der Waals surface area contributed by atoms with E-state index in [4.69, 9.17) is 0 Å². The molecule has 4 nitrogen and oxygen atoms in total. The molecule has 98 valence electrons. The van der Waals surface area contributed by atoms with Gasteiger partial charge in [0.25, 0.3) is 0 Å². The molecule has 0 aromatic rings. The Labute approximate surface area is 97.4 Å². The number of hydrogen-bond acceptors (Lipinski definition) is 4. The second-order valence-corrected chi connectivity index (χ2v) is 6.45. The minimum atomic E-state index is -4.32. The van der Waals surface area contributed by atoms with Gasteiger partial charge in [-0.05, 0) is 25.7 Å². The van der Waals surface area contributed by atoms with Crippen molar-refractivity contribution in [1.29, 1.82) is 0 Å². The molecule has 0 spiro atoms. The molecule has 0 radical (unpaired) electrons. The van der Waals surface area contributed by atoms with Crippen molar-refractivity contribution in [2.45, 2.75) is 17.7 Å². The van der Waals surface area contributed by atoms with Gasteiger partial charge in [-0.3, -0.25) is 0 Å². The van der Waals surface area contributed by atoms with Crippen LogP contribution in [-0.4, -0.2) is 45.1 Å². The fraction of sp³-hybridized carbons (Fsp3) is 1.00. The van der Waals surface area contributed by atoms with Crippen molar-refractivity contribution in [3.05, 3.63) is 0 Å². The first-order valence-corrected chi connectivity index (χ1v) is 7.06. The van der Waals surface area contributed by atoms with Gasteiger partial charge in [0.05, 0.1) is 5.25 Å². The summed E-state index contributed by atoms with van der Waals surface area (Å²) in [5.74, 6) is -0.324. The van der Waals surface area contributed by atoms with E-state index in [0.717, 1.165) is 0 Å². The maximum Gasteiger partial charge on any atom is 0.441 e. The molecule has 0 heterocycles. The highest BCUT2D eigenvalue weighted by Gasteiger charge is 2.28. The number of hydrogen-bond donors (Lipinski definition) is 2. The summed E-state index contributed by atoms with van der Waals surface area (Å²) in [5, 5.41) is 2.01. The largest absolute Gasteiger partial charge is 0.441 e. The third kappa shape index (κ3) is 7.31. The van der Waals surface area contributed by atoms with E-state index in [1.807, 2.05) is 0 Å². The molecule has 1 atom stereocenters. The van der Waals surface area contributed by atoms with Gasteiger partial charge in [0.1, 0.15) is 0 Å². The Kier molecular flexibility index (Phi) is 6.68. The Hall–Kier alpha value is 0.01000. The van der Waals surface area contributed by atoms with Gasteiger partial charge in [-0.1, -0.05) is 0 Å². The second-order valence-electron chi connectivity index (χ2n) is 3.10. The molecular weight excluding hydrogens is 265 g/mol. The van der Waals surface area contributed by atoms with E-state index in [2.05, 4.69) is 10.0 Å². The van der Waals surface area contributed by atoms with Gasteiger partial charge < -0.3 is 5.32 Å². The molecule has 0 aliphatic carbocycles. The SMILES string of the molecule is CNCC(C)S(=O)(=O)NCCSC(F)(F)F. The maximum atomic E-state index is 11.7. The lowest BCUT2D eigenvalue weighted by Crippen LogP contribution is -2.39. The van der Waals surface area contributed by atoms with Crippen molar-refractivity contribution < 1.29 is 21.6 Å². The average Bonchev–Trinajstić information content (AvgIpc) is 2.11. The lowest BCUT2D eigenvalue weighted by Gasteiger charge is -2.13. The Morgan fingerprint density at radius 2 is 1.94 bits per heavy atom. The van der Waals surface area contributed by atoms with E-state index in [-0.39, 0.29) is 30.6 Å². The zero-order valence-corrected chi connectivity index (χ0v) is 10.6. The predicted octanol–water partition coefficient (Wildman–Crippen LogP) is 0.767. The average molecular weight is 280 g/mol. The van der Waals surface area contributed by atoms with Crippen molar-refractivity contribution in [2.75, 3.05) is 25.9 Å². The fourth-order valence-corrected chi connectivity index (χ4v) is 2.51. The number of rotatable bonds is 7. The summed E-state index contributed by atoms with van der Waals surface area (Å²) in [5.41, 5.74) is -4.32. The first kappa shape index (κ1) is 16.0. The van der Waals surface area contributed by atoms with Crippen molar-refractivity contribution in [3.63, 3.8) is 0 Å². The van der Waals surface area contributed by atoms with Crippen LogP contribution < -0.4 is 10.0 Å². The number of thioether (sulfide) groups is 1. The summed E-state index contributed by atoms with van der Waals surface area (Å²) in [6, 6.07) is 0. The topological polar surface area (TPSA) is 58.2 Å². The number of halogens is 3. The second kappa shape index (κ2) is 6.67. The summed E-state index contributed by atoms with van der Waals surface area (Å²) in [6.07, 6.45) is 0. The standard InChI is InChI=1S/C7H15F3N2O2S2/c1-6(5-11-2)16(13,14)12-3-4-15-7(8,9)10/h6,11-12H,3-5H2,1-2H3. The van der Waals surface area contributed by atoms with Crippen LogP contribution in [0.2, 0.25) is 0 Å². The minimum absolute atomic E-state index is 0.222. The predicted molar refractivity (Wildman–Crippen MR) is 58.8 cm³/mol. The van der Waals surface area contributed by atoms with Crippen LogP contribution in [0.25, 0.3) is 0 Å². The van der Waals surface area contributed by atoms with Gasteiger partial charge in [-0.2, -0.15) is 13.2 Å². The van der Waals surface area contributed by atoms with Crippen molar-refractivity contribution in [3.8, 4) is 0 Å². The van der Waals surface area contributed by atoms with Gasteiger partial charge in [-0.15, -0.1) is 0 Å². The van der Waals surface area contributed by atoms with Crippen molar-refractivity contribution >= 4 is 21.8 Å². The summed E-state index contributed by atoms with van der Waals surface area (Å²) >= 11 is -0.243. The van der Waals surface area contributed by atoms with Crippen LogP contribution in [0.3, 0.4) is 0 Å². The normalized spacial score (nSPS) is 15.1. The third-order valence-corrected chi connectivity index (χ3v) is 4.26. The van der Waals surface area contributed by atoms with Crippen LogP contribution in [0.4, 0.5) is 13.2 Å². The highest BCUT2D eigenvalue weighted by molar-refractivity contribution is 8.00. The van der Waals surface area contributed by atoms with E-state index in [1.165, 1.54) is 6.92 Å². The molecule has 0 amide bonds. The number of alkyl halides is 3. The minimum Gasteiger partial charge on any atom is -0.318 e. The zero-order valence-electron chi connectivity index (χ0n) is 8.97. The third-order valence-electron chi connectivity index (χ3n) is 1.69. The van der Waals surface area contributed by atoms with E-state index >= 15 is 0 Å². The smallest absolute Gasteiger partial charge is 0.318 e. The van der Waals surface area contributed by atoms with Crippen LogP contribution in [0.15, 0.2) is 0 Å². The molecule has 0 rings (SSSR count). The van der Waals surface area contributed by atoms with Crippen LogP contribution in [0.5, 0.6) is 0 Å². The van der Waals surface area contributed by atoms with Gasteiger partial charge in [0, 0.05) is 18.8 Å². The molecule has 0 aliphatic heterocycles. The molecule has 0 fully saturated rings. The Morgan fingerprint density at radius 1 is 1.38 bits per heavy atom. The zero-order chi connectivity index (χ0) is 12.8. The van der Waals surface area contributed by atoms with Crippen LogP contribution >= 0.6 is 11.8 Å². The monoisotopic (exact) mass is 280 g/mol. The quantitative estimate of drug-likeness (QED) is 0.676. The first-order valence-electron chi connectivity index (χ1n) is 4.53. The summed E-state index contributed by atoms with van der Waals surface area (Å²) in [6.45, 7) is 1.51. The van der Waals surface area contributed by atoms with Crippen molar-refractivity contribution in [1.82, 2.24) is 10.0 Å².